The van der Waals surface area contributed by atoms with E-state index >= 15 is 0 Å². The third-order valence-electron chi connectivity index (χ3n) is 1.74. The van der Waals surface area contributed by atoms with Crippen LogP contribution in [0.25, 0.3) is 0 Å². The molecule has 0 aliphatic rings. The summed E-state index contributed by atoms with van der Waals surface area (Å²) in [5.41, 5.74) is 0. The minimum Gasteiger partial charge on any atom is -0.870 e. The van der Waals surface area contributed by atoms with Crippen molar-refractivity contribution in [1.82, 2.24) is 4.98 Å². The second-order valence-corrected chi connectivity index (χ2v) is 2.62. The fourth-order valence-corrected chi connectivity index (χ4v) is 1.03. The monoisotopic (exact) mass is 156 g/mol. The number of imidazole rings is 1. The first-order valence-electron chi connectivity index (χ1n) is 3.86. The van der Waals surface area contributed by atoms with E-state index in [0.29, 0.717) is 0 Å². The van der Waals surface area contributed by atoms with E-state index in [9.17, 15) is 0 Å². The van der Waals surface area contributed by atoms with Crippen LogP contribution in [0.15, 0.2) is 12.4 Å². The van der Waals surface area contributed by atoms with Gasteiger partial charge in [-0.05, 0) is 6.42 Å². The maximum atomic E-state index is 3.20. The predicted molar refractivity (Wildman–Crippen MR) is 42.5 cm³/mol. The molecule has 0 aromatic carbocycles. The van der Waals surface area contributed by atoms with Crippen LogP contribution in [0.4, 0.5) is 0 Å². The van der Waals surface area contributed by atoms with Gasteiger partial charge in [-0.1, -0.05) is 13.3 Å². The Bertz CT molecular complexity index is 196. The SMILES string of the molecule is CCCCc1[nH]cc[n+]1C.[OH-]. The number of aromatic nitrogens is 2. The zero-order valence-corrected chi connectivity index (χ0v) is 7.17. The van der Waals surface area contributed by atoms with Crippen LogP contribution in [-0.2, 0) is 13.5 Å². The highest BCUT2D eigenvalue weighted by molar-refractivity contribution is 4.76. The Morgan fingerprint density at radius 3 is 2.73 bits per heavy atom. The van der Waals surface area contributed by atoms with Gasteiger partial charge in [-0.25, -0.2) is 9.55 Å². The van der Waals surface area contributed by atoms with E-state index in [1.165, 1.54) is 25.1 Å². The highest BCUT2D eigenvalue weighted by Gasteiger charge is 2.03. The lowest BCUT2D eigenvalue weighted by atomic mass is 10.2. The molecule has 0 saturated carbocycles. The van der Waals surface area contributed by atoms with Crippen molar-refractivity contribution in [2.45, 2.75) is 26.2 Å². The summed E-state index contributed by atoms with van der Waals surface area (Å²) < 4.78 is 2.13. The van der Waals surface area contributed by atoms with Crippen LogP contribution in [0.2, 0.25) is 0 Å². The zero-order valence-electron chi connectivity index (χ0n) is 7.17. The van der Waals surface area contributed by atoms with Crippen LogP contribution in [-0.4, -0.2) is 10.5 Å². The number of hydrogen-bond acceptors (Lipinski definition) is 1. The minimum absolute atomic E-state index is 0. The van der Waals surface area contributed by atoms with Crippen molar-refractivity contribution >= 4 is 0 Å². The van der Waals surface area contributed by atoms with Crippen molar-refractivity contribution < 1.29 is 10.0 Å². The molecule has 0 unspecified atom stereocenters. The van der Waals surface area contributed by atoms with Gasteiger partial charge in [0.05, 0.1) is 7.05 Å². The molecule has 1 heterocycles. The Labute approximate surface area is 67.4 Å². The summed E-state index contributed by atoms with van der Waals surface area (Å²) in [5.74, 6) is 1.32. The van der Waals surface area contributed by atoms with Gasteiger partial charge in [-0.3, -0.25) is 0 Å². The fraction of sp³-hybridized carbons (Fsp3) is 0.625. The first kappa shape index (κ1) is 10.2. The molecule has 64 valence electrons. The standard InChI is InChI=1S/C8H14N2.H2O/c1-3-4-5-8-9-6-7-10(8)2;/h6-7H,3-5H2,1-2H3;1H2. The molecule has 1 rings (SSSR count). The molecule has 0 bridgehead atoms. The summed E-state index contributed by atoms with van der Waals surface area (Å²) in [6, 6.07) is 0. The third-order valence-corrected chi connectivity index (χ3v) is 1.74. The van der Waals surface area contributed by atoms with Gasteiger partial charge in [-0.2, -0.15) is 0 Å². The molecule has 3 nitrogen and oxygen atoms in total. The van der Waals surface area contributed by atoms with E-state index in [1.807, 2.05) is 12.4 Å². The molecule has 0 spiro atoms. The van der Waals surface area contributed by atoms with Crippen LogP contribution in [0.1, 0.15) is 25.6 Å². The van der Waals surface area contributed by atoms with E-state index in [1.54, 1.807) is 0 Å². The topological polar surface area (TPSA) is 49.7 Å². The summed E-state index contributed by atoms with van der Waals surface area (Å²) >= 11 is 0. The van der Waals surface area contributed by atoms with Crippen molar-refractivity contribution in [1.29, 1.82) is 0 Å². The molecular weight excluding hydrogens is 140 g/mol. The highest BCUT2D eigenvalue weighted by Crippen LogP contribution is 1.94. The second-order valence-electron chi connectivity index (χ2n) is 2.62. The molecule has 11 heavy (non-hydrogen) atoms. The van der Waals surface area contributed by atoms with Crippen molar-refractivity contribution in [2.75, 3.05) is 0 Å². The van der Waals surface area contributed by atoms with Gasteiger partial charge in [0.25, 0.3) is 5.82 Å². The number of H-pyrrole nitrogens is 1. The van der Waals surface area contributed by atoms with Crippen LogP contribution in [0.3, 0.4) is 0 Å². The van der Waals surface area contributed by atoms with Gasteiger partial charge in [-0.15, -0.1) is 0 Å². The van der Waals surface area contributed by atoms with Crippen molar-refractivity contribution in [2.24, 2.45) is 7.05 Å². The van der Waals surface area contributed by atoms with Crippen LogP contribution >= 0.6 is 0 Å². The molecule has 0 radical (unpaired) electrons. The smallest absolute Gasteiger partial charge is 0.253 e. The lowest BCUT2D eigenvalue weighted by molar-refractivity contribution is -0.677. The Morgan fingerprint density at radius 2 is 2.27 bits per heavy atom. The normalized spacial score (nSPS) is 9.27. The number of aromatic amines is 1. The van der Waals surface area contributed by atoms with E-state index < -0.39 is 0 Å². The number of nitrogens with one attached hydrogen (secondary N) is 1. The molecule has 0 aliphatic carbocycles. The summed E-state index contributed by atoms with van der Waals surface area (Å²) in [6.45, 7) is 2.21. The Hall–Kier alpha value is -0.830. The van der Waals surface area contributed by atoms with Gasteiger partial charge >= 0.3 is 0 Å². The molecule has 0 amide bonds. The maximum Gasteiger partial charge on any atom is 0.253 e. The number of aryl methyl sites for hydroxylation is 2. The predicted octanol–water partition coefficient (Wildman–Crippen LogP) is 1.01. The highest BCUT2D eigenvalue weighted by atomic mass is 16.0. The Kier molecular flexibility index (Phi) is 4.54. The molecule has 0 atom stereocenters. The van der Waals surface area contributed by atoms with Gasteiger partial charge in [0.1, 0.15) is 12.4 Å². The van der Waals surface area contributed by atoms with Gasteiger partial charge < -0.3 is 5.48 Å². The van der Waals surface area contributed by atoms with Gasteiger partial charge in [0.15, 0.2) is 0 Å². The van der Waals surface area contributed by atoms with E-state index in [4.69, 9.17) is 0 Å². The Balaban J connectivity index is 0.000001000. The number of unbranched alkanes of at least 4 members (excludes halogenated alkanes) is 1. The van der Waals surface area contributed by atoms with Crippen molar-refractivity contribution in [3.63, 3.8) is 0 Å². The van der Waals surface area contributed by atoms with Crippen molar-refractivity contribution in [3.05, 3.63) is 18.2 Å². The molecule has 0 aliphatic heterocycles. The summed E-state index contributed by atoms with van der Waals surface area (Å²) in [6.07, 6.45) is 7.73. The molecule has 0 saturated heterocycles. The lowest BCUT2D eigenvalue weighted by Gasteiger charge is -1.91. The van der Waals surface area contributed by atoms with Crippen LogP contribution in [0.5, 0.6) is 0 Å². The summed E-state index contributed by atoms with van der Waals surface area (Å²) in [4.78, 5) is 3.20. The summed E-state index contributed by atoms with van der Waals surface area (Å²) in [5, 5.41) is 0. The van der Waals surface area contributed by atoms with Gasteiger partial charge in [0.2, 0.25) is 0 Å². The van der Waals surface area contributed by atoms with E-state index in [-0.39, 0.29) is 5.48 Å². The van der Waals surface area contributed by atoms with Crippen LogP contribution in [0, 0.1) is 0 Å². The van der Waals surface area contributed by atoms with Crippen molar-refractivity contribution in [3.8, 4) is 0 Å². The third kappa shape index (κ3) is 2.72. The average molecular weight is 156 g/mol. The van der Waals surface area contributed by atoms with E-state index in [0.717, 1.165) is 0 Å². The maximum absolute atomic E-state index is 3.20. The minimum atomic E-state index is 0. The largest absolute Gasteiger partial charge is 0.870 e. The number of rotatable bonds is 3. The molecule has 3 heteroatoms. The molecule has 1 aromatic rings. The van der Waals surface area contributed by atoms with Gasteiger partial charge in [0, 0.05) is 6.42 Å². The molecule has 2 N–H and O–H groups in total. The first-order valence-corrected chi connectivity index (χ1v) is 3.86. The molecule has 1 aromatic heterocycles. The van der Waals surface area contributed by atoms with E-state index in [2.05, 4.69) is 23.5 Å². The molecular formula is C8H16N2O. The fourth-order valence-electron chi connectivity index (χ4n) is 1.03. The Morgan fingerprint density at radius 1 is 1.55 bits per heavy atom. The zero-order chi connectivity index (χ0) is 7.40. The second kappa shape index (κ2) is 4.91. The quantitative estimate of drug-likeness (QED) is 0.652. The number of nitrogens with zero attached hydrogens (tertiary/aromatic N) is 1. The lowest BCUT2D eigenvalue weighted by Crippen LogP contribution is -2.30. The van der Waals surface area contributed by atoms with Crippen LogP contribution < -0.4 is 4.57 Å². The first-order chi connectivity index (χ1) is 4.84. The number of hydrogen-bond donors (Lipinski definition) is 1. The summed E-state index contributed by atoms with van der Waals surface area (Å²) in [7, 11) is 2.07. The molecule has 0 fully saturated rings. The average Bonchev–Trinajstić information content (AvgIpc) is 2.31.